The van der Waals surface area contributed by atoms with Gasteiger partial charge >= 0.3 is 0 Å². The van der Waals surface area contributed by atoms with Gasteiger partial charge in [0.25, 0.3) is 5.91 Å². The SMILES string of the molecule is Cc1cccc(C)c1-c1cc(C)c2nc(NC(=O)c3cccc(S(=O)(=O)CCCN4CCCC4)c3)nnc2c1. The van der Waals surface area contributed by atoms with E-state index in [1.165, 1.54) is 36.1 Å². The summed E-state index contributed by atoms with van der Waals surface area (Å²) in [6, 6.07) is 16.3. The Bertz CT molecular complexity index is 1630. The van der Waals surface area contributed by atoms with Crippen molar-refractivity contribution in [2.45, 2.75) is 44.9 Å². The molecule has 9 heteroatoms. The molecule has 0 spiro atoms. The lowest BCUT2D eigenvalue weighted by molar-refractivity contribution is 0.102. The monoisotopic (exact) mass is 543 g/mol. The van der Waals surface area contributed by atoms with Gasteiger partial charge in [0.15, 0.2) is 9.84 Å². The third kappa shape index (κ3) is 5.99. The molecule has 202 valence electrons. The summed E-state index contributed by atoms with van der Waals surface area (Å²) in [4.78, 5) is 20.0. The number of hydrogen-bond donors (Lipinski definition) is 1. The van der Waals surface area contributed by atoms with Crippen molar-refractivity contribution in [1.82, 2.24) is 20.1 Å². The van der Waals surface area contributed by atoms with Crippen molar-refractivity contribution < 1.29 is 13.2 Å². The first kappa shape index (κ1) is 26.9. The minimum atomic E-state index is -3.50. The Morgan fingerprint density at radius 2 is 1.64 bits per heavy atom. The summed E-state index contributed by atoms with van der Waals surface area (Å²) in [7, 11) is -3.50. The zero-order chi connectivity index (χ0) is 27.6. The van der Waals surface area contributed by atoms with E-state index >= 15 is 0 Å². The molecule has 0 bridgehead atoms. The average molecular weight is 544 g/mol. The van der Waals surface area contributed by atoms with Crippen LogP contribution in [-0.4, -0.2) is 59.8 Å². The summed E-state index contributed by atoms with van der Waals surface area (Å²) in [6.45, 7) is 8.97. The van der Waals surface area contributed by atoms with E-state index in [0.717, 1.165) is 36.3 Å². The first-order valence-electron chi connectivity index (χ1n) is 13.3. The second-order valence-corrected chi connectivity index (χ2v) is 12.4. The van der Waals surface area contributed by atoms with Gasteiger partial charge < -0.3 is 4.90 Å². The molecule has 3 aromatic carbocycles. The van der Waals surface area contributed by atoms with Gasteiger partial charge in [0, 0.05) is 5.56 Å². The highest BCUT2D eigenvalue weighted by molar-refractivity contribution is 7.91. The number of nitrogens with zero attached hydrogens (tertiary/aromatic N) is 4. The van der Waals surface area contributed by atoms with Crippen LogP contribution in [0.1, 0.15) is 46.3 Å². The largest absolute Gasteiger partial charge is 0.303 e. The number of benzene rings is 3. The highest BCUT2D eigenvalue weighted by Gasteiger charge is 2.19. The van der Waals surface area contributed by atoms with Gasteiger partial charge in [-0.15, -0.1) is 10.2 Å². The number of sulfone groups is 1. The van der Waals surface area contributed by atoms with Gasteiger partial charge in [0.05, 0.1) is 16.2 Å². The minimum absolute atomic E-state index is 0.0512. The molecule has 8 nitrogen and oxygen atoms in total. The van der Waals surface area contributed by atoms with Gasteiger partial charge in [-0.3, -0.25) is 10.1 Å². The second-order valence-electron chi connectivity index (χ2n) is 10.3. The van der Waals surface area contributed by atoms with Gasteiger partial charge in [-0.05, 0) is 118 Å². The molecule has 5 rings (SSSR count). The molecular formula is C30H33N5O3S. The Morgan fingerprint density at radius 1 is 0.923 bits per heavy atom. The third-order valence-corrected chi connectivity index (χ3v) is 9.09. The fourth-order valence-electron chi connectivity index (χ4n) is 5.29. The molecule has 1 N–H and O–H groups in total. The van der Waals surface area contributed by atoms with E-state index in [9.17, 15) is 13.2 Å². The van der Waals surface area contributed by atoms with E-state index in [1.807, 2.05) is 19.1 Å². The number of carbonyl (C=O) groups is 1. The van der Waals surface area contributed by atoms with Gasteiger partial charge in [-0.2, -0.15) is 0 Å². The van der Waals surface area contributed by atoms with Crippen molar-refractivity contribution in [3.63, 3.8) is 0 Å². The molecule has 1 aromatic heterocycles. The number of aryl methyl sites for hydroxylation is 3. The molecule has 4 aromatic rings. The van der Waals surface area contributed by atoms with Crippen LogP contribution < -0.4 is 5.32 Å². The molecule has 0 saturated carbocycles. The molecule has 2 heterocycles. The summed E-state index contributed by atoms with van der Waals surface area (Å²) in [6.07, 6.45) is 2.92. The quantitative estimate of drug-likeness (QED) is 0.328. The molecule has 1 aliphatic heterocycles. The Kier molecular flexibility index (Phi) is 7.72. The van der Waals surface area contributed by atoms with Crippen molar-refractivity contribution in [3.8, 4) is 11.1 Å². The zero-order valence-electron chi connectivity index (χ0n) is 22.6. The molecule has 1 amide bonds. The van der Waals surface area contributed by atoms with Gasteiger partial charge in [0.1, 0.15) is 5.52 Å². The lowest BCUT2D eigenvalue weighted by atomic mass is 9.94. The molecule has 0 aliphatic carbocycles. The number of carbonyl (C=O) groups excluding carboxylic acids is 1. The van der Waals surface area contributed by atoms with Gasteiger partial charge in [-0.25, -0.2) is 13.4 Å². The molecule has 0 atom stereocenters. The first-order chi connectivity index (χ1) is 18.7. The van der Waals surface area contributed by atoms with Crippen molar-refractivity contribution in [1.29, 1.82) is 0 Å². The Morgan fingerprint density at radius 3 is 2.38 bits per heavy atom. The van der Waals surface area contributed by atoms with E-state index < -0.39 is 15.7 Å². The molecule has 1 saturated heterocycles. The molecular weight excluding hydrogens is 510 g/mol. The summed E-state index contributed by atoms with van der Waals surface area (Å²) < 4.78 is 25.8. The Labute approximate surface area is 229 Å². The maximum absolute atomic E-state index is 13.0. The fourth-order valence-corrected chi connectivity index (χ4v) is 6.62. The van der Waals surface area contributed by atoms with Crippen LogP contribution in [0.2, 0.25) is 0 Å². The van der Waals surface area contributed by atoms with Crippen LogP contribution in [-0.2, 0) is 9.84 Å². The highest BCUT2D eigenvalue weighted by Crippen LogP contribution is 2.30. The zero-order valence-corrected chi connectivity index (χ0v) is 23.4. The average Bonchev–Trinajstić information content (AvgIpc) is 3.42. The van der Waals surface area contributed by atoms with Crippen LogP contribution in [0.5, 0.6) is 0 Å². The number of fused-ring (bicyclic) bond motifs is 1. The normalized spacial score (nSPS) is 14.1. The minimum Gasteiger partial charge on any atom is -0.303 e. The Balaban J connectivity index is 1.32. The molecule has 1 aliphatic rings. The van der Waals surface area contributed by atoms with Crippen LogP contribution >= 0.6 is 0 Å². The van der Waals surface area contributed by atoms with Crippen LogP contribution in [0.15, 0.2) is 59.5 Å². The van der Waals surface area contributed by atoms with E-state index in [0.29, 0.717) is 17.5 Å². The lowest BCUT2D eigenvalue weighted by Gasteiger charge is -2.14. The molecule has 0 radical (unpaired) electrons. The number of rotatable bonds is 8. The van der Waals surface area contributed by atoms with Crippen molar-refractivity contribution in [2.75, 3.05) is 30.7 Å². The summed E-state index contributed by atoms with van der Waals surface area (Å²) >= 11 is 0. The predicted molar refractivity (Wildman–Crippen MR) is 154 cm³/mol. The molecule has 39 heavy (non-hydrogen) atoms. The van der Waals surface area contributed by atoms with E-state index in [1.54, 1.807) is 12.1 Å². The predicted octanol–water partition coefficient (Wildman–Crippen LogP) is 5.13. The van der Waals surface area contributed by atoms with Crippen LogP contribution in [0.3, 0.4) is 0 Å². The second kappa shape index (κ2) is 11.2. The number of nitrogens with one attached hydrogen (secondary N) is 1. The standard InChI is InChI=1S/C30H33N5O3S/c1-20-9-6-10-21(2)27(20)24-17-22(3)28-26(19-24)33-34-30(31-28)32-29(36)23-11-7-12-25(18-23)39(37,38)16-8-15-35-13-4-5-14-35/h6-7,9-12,17-19H,4-5,8,13-16H2,1-3H3,(H,31,32,34,36). The van der Waals surface area contributed by atoms with Crippen molar-refractivity contribution in [3.05, 3.63) is 76.9 Å². The van der Waals surface area contributed by atoms with Gasteiger partial charge in [-0.1, -0.05) is 24.3 Å². The van der Waals surface area contributed by atoms with E-state index in [4.69, 9.17) is 0 Å². The lowest BCUT2D eigenvalue weighted by Crippen LogP contribution is -2.22. The van der Waals surface area contributed by atoms with E-state index in [-0.39, 0.29) is 22.2 Å². The maximum Gasteiger partial charge on any atom is 0.258 e. The number of anilines is 1. The summed E-state index contributed by atoms with van der Waals surface area (Å²) in [5, 5.41) is 11.1. The van der Waals surface area contributed by atoms with Crippen LogP contribution in [0, 0.1) is 20.8 Å². The number of likely N-dealkylation sites (tertiary alicyclic amines) is 1. The third-order valence-electron chi connectivity index (χ3n) is 7.29. The van der Waals surface area contributed by atoms with Gasteiger partial charge in [0.2, 0.25) is 5.95 Å². The topological polar surface area (TPSA) is 105 Å². The molecule has 0 unspecified atom stereocenters. The highest BCUT2D eigenvalue weighted by atomic mass is 32.2. The summed E-state index contributed by atoms with van der Waals surface area (Å²) in [5.74, 6) is -0.375. The fraction of sp³-hybridized carbons (Fsp3) is 0.333. The smallest absolute Gasteiger partial charge is 0.258 e. The van der Waals surface area contributed by atoms with Crippen LogP contribution in [0.4, 0.5) is 5.95 Å². The van der Waals surface area contributed by atoms with E-state index in [2.05, 4.69) is 57.4 Å². The number of aromatic nitrogens is 3. The van der Waals surface area contributed by atoms with Crippen molar-refractivity contribution in [2.24, 2.45) is 0 Å². The Hall–Kier alpha value is -3.69. The number of amides is 1. The first-order valence-corrected chi connectivity index (χ1v) is 14.9. The molecule has 1 fully saturated rings. The summed E-state index contributed by atoms with van der Waals surface area (Å²) in [5.41, 5.74) is 6.97. The number of hydrogen-bond acceptors (Lipinski definition) is 7. The maximum atomic E-state index is 13.0. The van der Waals surface area contributed by atoms with Crippen LogP contribution in [0.25, 0.3) is 22.2 Å². The van der Waals surface area contributed by atoms with Crippen molar-refractivity contribution >= 4 is 32.7 Å².